The second kappa shape index (κ2) is 8.66. The van der Waals surface area contributed by atoms with Crippen LogP contribution in [0.1, 0.15) is 73.1 Å². The Kier molecular flexibility index (Phi) is 8.97. The van der Waals surface area contributed by atoms with Gasteiger partial charge in [-0.3, -0.25) is 0 Å². The van der Waals surface area contributed by atoms with Crippen LogP contribution in [0.3, 0.4) is 0 Å². The van der Waals surface area contributed by atoms with Crippen LogP contribution in [-0.4, -0.2) is 14.1 Å². The molecular weight excluding hydrogens is 195 g/mol. The molecule has 0 aromatic heterocycles. The zero-order valence-corrected chi connectivity index (χ0v) is 12.9. The summed E-state index contributed by atoms with van der Waals surface area (Å²) in [6.07, 6.45) is 8.67. The van der Waals surface area contributed by atoms with Crippen molar-refractivity contribution in [1.82, 2.24) is 0 Å². The third-order valence-corrected chi connectivity index (χ3v) is 8.49. The third-order valence-electron chi connectivity index (χ3n) is 4.02. The SMILES string of the molecule is CCCCCCC[C](C)(C)[Al]([CH2]C)[CH2]C. The van der Waals surface area contributed by atoms with E-state index >= 15 is 0 Å². The molecule has 0 saturated heterocycles. The van der Waals surface area contributed by atoms with Crippen LogP contribution in [0.2, 0.25) is 14.8 Å². The first kappa shape index (κ1) is 15.5. The first-order chi connectivity index (χ1) is 7.08. The summed E-state index contributed by atoms with van der Waals surface area (Å²) in [5.74, 6) is 0. The van der Waals surface area contributed by atoms with E-state index in [2.05, 4.69) is 34.6 Å². The molecule has 0 nitrogen and oxygen atoms in total. The van der Waals surface area contributed by atoms with Gasteiger partial charge in [-0.25, -0.2) is 0 Å². The molecule has 0 atom stereocenters. The molecule has 0 aliphatic heterocycles. The zero-order valence-electron chi connectivity index (χ0n) is 11.7. The highest BCUT2D eigenvalue weighted by Gasteiger charge is 2.31. The second-order valence-corrected chi connectivity index (χ2v) is 10.3. The molecule has 1 heteroatoms. The average molecular weight is 226 g/mol. The van der Waals surface area contributed by atoms with Crippen molar-refractivity contribution in [2.45, 2.75) is 88.0 Å². The Morgan fingerprint density at radius 1 is 0.800 bits per heavy atom. The quantitative estimate of drug-likeness (QED) is 0.351. The molecule has 0 aliphatic rings. The van der Waals surface area contributed by atoms with Gasteiger partial charge in [0, 0.05) is 0 Å². The molecule has 0 aromatic rings. The molecule has 0 spiro atoms. The van der Waals surface area contributed by atoms with Crippen LogP contribution in [0, 0.1) is 0 Å². The van der Waals surface area contributed by atoms with Crippen LogP contribution < -0.4 is 0 Å². The highest BCUT2D eigenvalue weighted by Crippen LogP contribution is 2.38. The van der Waals surface area contributed by atoms with Crippen molar-refractivity contribution in [3.8, 4) is 0 Å². The minimum atomic E-state index is -0.460. The van der Waals surface area contributed by atoms with Gasteiger partial charge >= 0.3 is 0 Å². The molecule has 0 bridgehead atoms. The van der Waals surface area contributed by atoms with Gasteiger partial charge in [0.25, 0.3) is 14.1 Å². The Balaban J connectivity index is 3.72. The fraction of sp³-hybridized carbons (Fsp3) is 1.00. The van der Waals surface area contributed by atoms with Crippen molar-refractivity contribution < 1.29 is 0 Å². The van der Waals surface area contributed by atoms with Crippen molar-refractivity contribution in [3.63, 3.8) is 0 Å². The van der Waals surface area contributed by atoms with E-state index in [4.69, 9.17) is 0 Å². The van der Waals surface area contributed by atoms with E-state index in [1.807, 2.05) is 0 Å². The Morgan fingerprint density at radius 2 is 1.33 bits per heavy atom. The van der Waals surface area contributed by atoms with Crippen molar-refractivity contribution in [3.05, 3.63) is 0 Å². The van der Waals surface area contributed by atoms with E-state index in [0.717, 1.165) is 0 Å². The summed E-state index contributed by atoms with van der Waals surface area (Å²) in [6, 6.07) is 0. The molecule has 0 N–H and O–H groups in total. The Labute approximate surface area is 102 Å². The first-order valence-electron chi connectivity index (χ1n) is 7.08. The summed E-state index contributed by atoms with van der Waals surface area (Å²) in [7, 11) is 0. The summed E-state index contributed by atoms with van der Waals surface area (Å²) in [4.78, 5) is 0. The minimum absolute atomic E-state index is 0.460. The molecular formula is C14H31Al. The maximum Gasteiger partial charge on any atom is 0.268 e. The second-order valence-electron chi connectivity index (χ2n) is 5.67. The van der Waals surface area contributed by atoms with Gasteiger partial charge in [-0.1, -0.05) is 88.0 Å². The van der Waals surface area contributed by atoms with Gasteiger partial charge < -0.3 is 0 Å². The summed E-state index contributed by atoms with van der Waals surface area (Å²) >= 11 is -0.460. The highest BCUT2D eigenvalue weighted by atomic mass is 27.2. The molecule has 15 heavy (non-hydrogen) atoms. The summed E-state index contributed by atoms with van der Waals surface area (Å²) in [5.41, 5.74) is 0. The molecule has 0 unspecified atom stereocenters. The van der Waals surface area contributed by atoms with Gasteiger partial charge in [0.1, 0.15) is 0 Å². The van der Waals surface area contributed by atoms with Crippen molar-refractivity contribution in [2.75, 3.05) is 0 Å². The first-order valence-corrected chi connectivity index (χ1v) is 9.29. The predicted octanol–water partition coefficient (Wildman–Crippen LogP) is 5.66. The van der Waals surface area contributed by atoms with E-state index in [0.29, 0.717) is 4.28 Å². The molecule has 90 valence electrons. The molecule has 0 heterocycles. The number of rotatable bonds is 9. The standard InChI is InChI=1S/C10H21.2C2H5.Al/c1-4-5-6-7-8-9-10(2)3;2*1-2;/h4-9H2,1-3H3;2*1H2,2H3;. The Hall–Kier alpha value is 0.532. The number of hydrogen-bond acceptors (Lipinski definition) is 0. The van der Waals surface area contributed by atoms with Crippen LogP contribution in [0.25, 0.3) is 0 Å². The van der Waals surface area contributed by atoms with Gasteiger partial charge in [-0.15, -0.1) is 0 Å². The van der Waals surface area contributed by atoms with E-state index in [1.54, 1.807) is 0 Å². The lowest BCUT2D eigenvalue weighted by Crippen LogP contribution is -2.26. The van der Waals surface area contributed by atoms with Crippen LogP contribution in [0.5, 0.6) is 0 Å². The molecule has 0 saturated carbocycles. The summed E-state index contributed by atoms with van der Waals surface area (Å²) in [5, 5.41) is 2.97. The fourth-order valence-corrected chi connectivity index (χ4v) is 6.18. The highest BCUT2D eigenvalue weighted by molar-refractivity contribution is 6.61. The number of unbranched alkanes of at least 4 members (excludes halogenated alkanes) is 4. The number of hydrogen-bond donors (Lipinski definition) is 0. The minimum Gasteiger partial charge on any atom is -0.0964 e. The van der Waals surface area contributed by atoms with E-state index < -0.39 is 14.1 Å². The summed E-state index contributed by atoms with van der Waals surface area (Å²) in [6.45, 7) is 12.1. The zero-order chi connectivity index (χ0) is 11.7. The van der Waals surface area contributed by atoms with Crippen molar-refractivity contribution in [1.29, 1.82) is 0 Å². The summed E-state index contributed by atoms with van der Waals surface area (Å²) < 4.78 is 0.704. The normalized spacial score (nSPS) is 11.8. The lowest BCUT2D eigenvalue weighted by atomic mass is 10.0. The van der Waals surface area contributed by atoms with Crippen molar-refractivity contribution >= 4 is 14.1 Å². The van der Waals surface area contributed by atoms with Gasteiger partial charge in [0.15, 0.2) is 0 Å². The van der Waals surface area contributed by atoms with Crippen LogP contribution in [0.15, 0.2) is 0 Å². The van der Waals surface area contributed by atoms with Crippen LogP contribution in [0.4, 0.5) is 0 Å². The van der Waals surface area contributed by atoms with Gasteiger partial charge in [-0.05, 0) is 0 Å². The Bertz CT molecular complexity index is 136. The molecule has 0 aromatic carbocycles. The molecule has 0 radical (unpaired) electrons. The van der Waals surface area contributed by atoms with Gasteiger partial charge in [0.05, 0.1) is 0 Å². The van der Waals surface area contributed by atoms with Crippen molar-refractivity contribution in [2.24, 2.45) is 0 Å². The van der Waals surface area contributed by atoms with Crippen LogP contribution >= 0.6 is 0 Å². The largest absolute Gasteiger partial charge is 0.268 e. The third kappa shape index (κ3) is 6.65. The topological polar surface area (TPSA) is 0 Å². The smallest absolute Gasteiger partial charge is 0.0964 e. The fourth-order valence-electron chi connectivity index (χ4n) is 2.78. The molecule has 0 rings (SSSR count). The predicted molar refractivity (Wildman–Crippen MR) is 74.1 cm³/mol. The van der Waals surface area contributed by atoms with Crippen LogP contribution in [-0.2, 0) is 0 Å². The van der Waals surface area contributed by atoms with E-state index in [-0.39, 0.29) is 0 Å². The molecule has 0 fully saturated rings. The lowest BCUT2D eigenvalue weighted by molar-refractivity contribution is 0.521. The molecule has 0 aliphatic carbocycles. The maximum absolute atomic E-state index is 2.52. The van der Waals surface area contributed by atoms with Gasteiger partial charge in [0.2, 0.25) is 0 Å². The average Bonchev–Trinajstić information content (AvgIpc) is 2.18. The van der Waals surface area contributed by atoms with E-state index in [1.165, 1.54) is 49.1 Å². The monoisotopic (exact) mass is 226 g/mol. The molecule has 0 amide bonds. The maximum atomic E-state index is 2.52. The van der Waals surface area contributed by atoms with E-state index in [9.17, 15) is 0 Å². The Morgan fingerprint density at radius 3 is 1.80 bits per heavy atom. The van der Waals surface area contributed by atoms with Gasteiger partial charge in [-0.2, -0.15) is 0 Å². The lowest BCUT2D eigenvalue weighted by Gasteiger charge is -2.29.